The summed E-state index contributed by atoms with van der Waals surface area (Å²) in [5, 5.41) is 4.97. The van der Waals surface area contributed by atoms with E-state index in [1.807, 2.05) is 6.08 Å². The summed E-state index contributed by atoms with van der Waals surface area (Å²) in [4.78, 5) is 9.90. The Morgan fingerprint density at radius 3 is 1.77 bits per heavy atom. The molecule has 1 aliphatic rings. The fourth-order valence-corrected chi connectivity index (χ4v) is 7.51. The van der Waals surface area contributed by atoms with Crippen molar-refractivity contribution in [1.82, 2.24) is 14.5 Å². The van der Waals surface area contributed by atoms with Gasteiger partial charge in [0.05, 0.1) is 22.4 Å². The number of rotatable bonds is 8. The van der Waals surface area contributed by atoms with Crippen LogP contribution in [0, 0.1) is 0 Å². The molecule has 2 heterocycles. The van der Waals surface area contributed by atoms with E-state index in [0.29, 0.717) is 5.82 Å². The van der Waals surface area contributed by atoms with E-state index in [9.17, 15) is 0 Å². The van der Waals surface area contributed by atoms with E-state index >= 15 is 0 Å². The average molecular weight is 680 g/mol. The molecule has 0 saturated heterocycles. The summed E-state index contributed by atoms with van der Waals surface area (Å²) in [5.41, 5.74) is 13.3. The molecule has 3 nitrogen and oxygen atoms in total. The van der Waals surface area contributed by atoms with Crippen LogP contribution in [0.1, 0.15) is 24.4 Å². The Morgan fingerprint density at radius 2 is 1.17 bits per heavy atom. The van der Waals surface area contributed by atoms with E-state index in [0.717, 1.165) is 46.6 Å². The monoisotopic (exact) mass is 679 g/mol. The highest BCUT2D eigenvalue weighted by Crippen LogP contribution is 2.35. The van der Waals surface area contributed by atoms with E-state index in [-0.39, 0.29) is 0 Å². The Bertz CT molecular complexity index is 2740. The van der Waals surface area contributed by atoms with Crippen LogP contribution in [0.2, 0.25) is 0 Å². The molecule has 3 heteroatoms. The van der Waals surface area contributed by atoms with Crippen molar-refractivity contribution in [2.24, 2.45) is 0 Å². The van der Waals surface area contributed by atoms with Crippen LogP contribution in [-0.2, 0) is 0 Å². The van der Waals surface area contributed by atoms with Crippen molar-refractivity contribution in [2.75, 3.05) is 0 Å². The molecule has 0 fully saturated rings. The number of benzene rings is 6. The first kappa shape index (κ1) is 32.1. The summed E-state index contributed by atoms with van der Waals surface area (Å²) in [5.74, 6) is 0.651. The van der Waals surface area contributed by atoms with Crippen LogP contribution in [0.5, 0.6) is 0 Å². The summed E-state index contributed by atoms with van der Waals surface area (Å²) in [6.45, 7) is 7.87. The predicted octanol–water partition coefficient (Wildman–Crippen LogP) is 13.2. The zero-order chi connectivity index (χ0) is 35.7. The molecule has 0 atom stereocenters. The highest BCUT2D eigenvalue weighted by Gasteiger charge is 2.14. The van der Waals surface area contributed by atoms with Gasteiger partial charge in [0.25, 0.3) is 0 Å². The number of nitrogens with zero attached hydrogens (tertiary/aromatic N) is 3. The molecule has 0 spiro atoms. The van der Waals surface area contributed by atoms with Gasteiger partial charge in [-0.15, -0.1) is 0 Å². The molecule has 0 N–H and O–H groups in total. The summed E-state index contributed by atoms with van der Waals surface area (Å²) < 4.78 is 2.36. The van der Waals surface area contributed by atoms with Crippen LogP contribution in [0.15, 0.2) is 189 Å². The predicted molar refractivity (Wildman–Crippen MR) is 225 cm³/mol. The van der Waals surface area contributed by atoms with Gasteiger partial charge < -0.3 is 4.57 Å². The lowest BCUT2D eigenvalue weighted by molar-refractivity contribution is 1.02. The summed E-state index contributed by atoms with van der Waals surface area (Å²) in [7, 11) is 0. The number of fused-ring (bicyclic) bond motifs is 4. The van der Waals surface area contributed by atoms with E-state index < -0.39 is 0 Å². The minimum atomic E-state index is 0.651. The molecule has 0 aliphatic heterocycles. The minimum absolute atomic E-state index is 0.651. The number of aromatic nitrogens is 3. The summed E-state index contributed by atoms with van der Waals surface area (Å²) in [6, 6.07) is 50.5. The highest BCUT2D eigenvalue weighted by atomic mass is 15.0. The molecule has 1 aliphatic carbocycles. The normalized spacial score (nSPS) is 13.1. The van der Waals surface area contributed by atoms with Crippen molar-refractivity contribution in [2.45, 2.75) is 12.8 Å². The van der Waals surface area contributed by atoms with E-state index in [4.69, 9.17) is 9.97 Å². The largest absolute Gasteiger partial charge is 0.309 e. The standard InChI is InChI=1S/C50H37N3/c1-3-12-34(4-2)50-51-46(38-13-6-5-7-14-38)33-47(52-50)39-23-19-35(20-24-39)40-25-21-37-22-26-41(32-42(37)31-40)36-27-29-43(30-28-36)53-48-17-10-8-15-44(48)45-16-9-11-18-49(45)53/h3-6,8-13,15-33H,1-2,7,14H2/b34-12+. The molecular formula is C50H37N3. The van der Waals surface area contributed by atoms with Crippen molar-refractivity contribution in [1.29, 1.82) is 0 Å². The Kier molecular flexibility index (Phi) is 8.30. The number of allylic oxidation sites excluding steroid dienone is 8. The molecule has 252 valence electrons. The zero-order valence-electron chi connectivity index (χ0n) is 29.4. The first-order chi connectivity index (χ1) is 26.2. The molecule has 0 radical (unpaired) electrons. The molecular weight excluding hydrogens is 643 g/mol. The van der Waals surface area contributed by atoms with Gasteiger partial charge in [-0.25, -0.2) is 9.97 Å². The minimum Gasteiger partial charge on any atom is -0.309 e. The van der Waals surface area contributed by atoms with Crippen molar-refractivity contribution in [3.8, 4) is 39.2 Å². The highest BCUT2D eigenvalue weighted by molar-refractivity contribution is 6.09. The third kappa shape index (κ3) is 6.03. The van der Waals surface area contributed by atoms with Gasteiger partial charge >= 0.3 is 0 Å². The lowest BCUT2D eigenvalue weighted by Crippen LogP contribution is -2.01. The lowest BCUT2D eigenvalue weighted by Gasteiger charge is -2.13. The third-order valence-corrected chi connectivity index (χ3v) is 10.2. The van der Waals surface area contributed by atoms with Gasteiger partial charge in [0, 0.05) is 27.6 Å². The Balaban J connectivity index is 1.02. The molecule has 0 amide bonds. The fourth-order valence-electron chi connectivity index (χ4n) is 7.51. The van der Waals surface area contributed by atoms with Gasteiger partial charge in [-0.1, -0.05) is 147 Å². The smallest absolute Gasteiger partial charge is 0.160 e. The van der Waals surface area contributed by atoms with E-state index in [1.54, 1.807) is 12.2 Å². The molecule has 2 aromatic heterocycles. The van der Waals surface area contributed by atoms with Crippen LogP contribution in [0.25, 0.3) is 82.9 Å². The Morgan fingerprint density at radius 1 is 0.585 bits per heavy atom. The van der Waals surface area contributed by atoms with E-state index in [1.165, 1.54) is 54.8 Å². The Hall–Kier alpha value is -6.84. The van der Waals surface area contributed by atoms with Gasteiger partial charge in [-0.2, -0.15) is 0 Å². The topological polar surface area (TPSA) is 30.7 Å². The third-order valence-electron chi connectivity index (χ3n) is 10.2. The molecule has 0 bridgehead atoms. The number of hydrogen-bond acceptors (Lipinski definition) is 2. The van der Waals surface area contributed by atoms with Crippen LogP contribution in [0.3, 0.4) is 0 Å². The van der Waals surface area contributed by atoms with Crippen molar-refractivity contribution in [3.05, 3.63) is 201 Å². The number of para-hydroxylation sites is 2. The van der Waals surface area contributed by atoms with Crippen LogP contribution in [-0.4, -0.2) is 14.5 Å². The van der Waals surface area contributed by atoms with Gasteiger partial charge in [0.15, 0.2) is 5.82 Å². The van der Waals surface area contributed by atoms with Gasteiger partial charge in [-0.05, 0) is 93.9 Å². The van der Waals surface area contributed by atoms with Gasteiger partial charge in [0.1, 0.15) is 0 Å². The molecule has 0 saturated carbocycles. The van der Waals surface area contributed by atoms with E-state index in [2.05, 4.69) is 175 Å². The summed E-state index contributed by atoms with van der Waals surface area (Å²) >= 11 is 0. The molecule has 6 aromatic carbocycles. The second-order valence-corrected chi connectivity index (χ2v) is 13.5. The fraction of sp³-hybridized carbons (Fsp3) is 0.0400. The van der Waals surface area contributed by atoms with Crippen LogP contribution in [0.4, 0.5) is 0 Å². The first-order valence-corrected chi connectivity index (χ1v) is 18.1. The zero-order valence-corrected chi connectivity index (χ0v) is 29.4. The molecule has 53 heavy (non-hydrogen) atoms. The molecule has 9 rings (SSSR count). The first-order valence-electron chi connectivity index (χ1n) is 18.1. The van der Waals surface area contributed by atoms with Crippen molar-refractivity contribution < 1.29 is 0 Å². The van der Waals surface area contributed by atoms with Crippen molar-refractivity contribution in [3.63, 3.8) is 0 Å². The SMILES string of the molecule is C=C/C=C(\C=C)c1nc(C2=CC=CCC2)cc(-c2ccc(-c3ccc4ccc(-c5ccc(-n6c7ccccc7c7ccccc76)cc5)cc4c3)cc2)n1. The second kappa shape index (κ2) is 13.7. The maximum atomic E-state index is 4.97. The number of hydrogen-bond donors (Lipinski definition) is 0. The van der Waals surface area contributed by atoms with Crippen LogP contribution < -0.4 is 0 Å². The van der Waals surface area contributed by atoms with Gasteiger partial charge in [0.2, 0.25) is 0 Å². The maximum Gasteiger partial charge on any atom is 0.160 e. The molecule has 0 unspecified atom stereocenters. The average Bonchev–Trinajstić information content (AvgIpc) is 3.57. The Labute approximate surface area is 309 Å². The quantitative estimate of drug-likeness (QED) is 0.150. The lowest BCUT2D eigenvalue weighted by atomic mass is 9.96. The van der Waals surface area contributed by atoms with Gasteiger partial charge in [-0.3, -0.25) is 0 Å². The molecule has 8 aromatic rings. The summed E-state index contributed by atoms with van der Waals surface area (Å²) in [6.07, 6.45) is 13.9. The van der Waals surface area contributed by atoms with Crippen LogP contribution >= 0.6 is 0 Å². The maximum absolute atomic E-state index is 4.97. The second-order valence-electron chi connectivity index (χ2n) is 13.5. The van der Waals surface area contributed by atoms with Crippen molar-refractivity contribution >= 4 is 43.7 Å².